The van der Waals surface area contributed by atoms with Gasteiger partial charge in [-0.2, -0.15) is 0 Å². The van der Waals surface area contributed by atoms with Crippen molar-refractivity contribution in [2.24, 2.45) is 5.73 Å². The van der Waals surface area contributed by atoms with Gasteiger partial charge in [-0.3, -0.25) is 0 Å². The fourth-order valence-electron chi connectivity index (χ4n) is 2.60. The van der Waals surface area contributed by atoms with E-state index in [2.05, 4.69) is 19.9 Å². The molecule has 4 nitrogen and oxygen atoms in total. The van der Waals surface area contributed by atoms with Gasteiger partial charge in [0.15, 0.2) is 11.5 Å². The Morgan fingerprint density at radius 2 is 2.14 bits per heavy atom. The molecule has 21 heavy (non-hydrogen) atoms. The Bertz CT molecular complexity index is 450. The number of hydrogen-bond donors (Lipinski definition) is 1. The number of benzene rings is 1. The highest BCUT2D eigenvalue weighted by Crippen LogP contribution is 2.30. The van der Waals surface area contributed by atoms with E-state index in [1.54, 1.807) is 7.11 Å². The quantitative estimate of drug-likeness (QED) is 0.840. The molecule has 0 radical (unpaired) electrons. The smallest absolute Gasteiger partial charge is 0.161 e. The van der Waals surface area contributed by atoms with Crippen LogP contribution in [0.4, 0.5) is 0 Å². The zero-order valence-corrected chi connectivity index (χ0v) is 13.3. The summed E-state index contributed by atoms with van der Waals surface area (Å²) in [7, 11) is 1.67. The summed E-state index contributed by atoms with van der Waals surface area (Å²) in [5.41, 5.74) is 7.18. The Labute approximate surface area is 127 Å². The van der Waals surface area contributed by atoms with E-state index in [1.165, 1.54) is 5.56 Å². The van der Waals surface area contributed by atoms with Crippen molar-refractivity contribution < 1.29 is 14.2 Å². The van der Waals surface area contributed by atoms with Crippen molar-refractivity contribution in [3.63, 3.8) is 0 Å². The summed E-state index contributed by atoms with van der Waals surface area (Å²) >= 11 is 0. The van der Waals surface area contributed by atoms with Gasteiger partial charge in [-0.25, -0.2) is 0 Å². The monoisotopic (exact) mass is 293 g/mol. The molecular weight excluding hydrogens is 266 g/mol. The van der Waals surface area contributed by atoms with Crippen LogP contribution in [0.5, 0.6) is 11.5 Å². The molecule has 2 N–H and O–H groups in total. The molecule has 0 spiro atoms. The highest BCUT2D eigenvalue weighted by Gasteiger charge is 2.22. The highest BCUT2D eigenvalue weighted by atomic mass is 16.6. The van der Waals surface area contributed by atoms with Crippen LogP contribution in [-0.2, 0) is 11.2 Å². The molecule has 3 atom stereocenters. The molecule has 4 heteroatoms. The van der Waals surface area contributed by atoms with E-state index >= 15 is 0 Å². The molecule has 1 saturated heterocycles. The minimum absolute atomic E-state index is 0.190. The summed E-state index contributed by atoms with van der Waals surface area (Å²) in [4.78, 5) is 0. The number of ether oxygens (including phenoxy) is 3. The Balaban J connectivity index is 1.95. The minimum Gasteiger partial charge on any atom is -0.493 e. The fourth-order valence-corrected chi connectivity index (χ4v) is 2.60. The molecule has 0 aliphatic carbocycles. The van der Waals surface area contributed by atoms with Crippen molar-refractivity contribution in [2.75, 3.05) is 13.7 Å². The fraction of sp³-hybridized carbons (Fsp3) is 0.647. The molecule has 2 rings (SSSR count). The first-order chi connectivity index (χ1) is 10.1. The first-order valence-electron chi connectivity index (χ1n) is 7.83. The summed E-state index contributed by atoms with van der Waals surface area (Å²) < 4.78 is 17.1. The van der Waals surface area contributed by atoms with Crippen molar-refractivity contribution in [1.29, 1.82) is 0 Å². The molecule has 0 bridgehead atoms. The van der Waals surface area contributed by atoms with Crippen LogP contribution in [0.1, 0.15) is 38.7 Å². The van der Waals surface area contributed by atoms with Crippen LogP contribution < -0.4 is 15.2 Å². The van der Waals surface area contributed by atoms with Gasteiger partial charge in [0.1, 0.15) is 6.61 Å². The number of rotatable bonds is 7. The van der Waals surface area contributed by atoms with Gasteiger partial charge in [0.05, 0.1) is 19.3 Å². The highest BCUT2D eigenvalue weighted by molar-refractivity contribution is 5.43. The summed E-state index contributed by atoms with van der Waals surface area (Å²) in [6, 6.07) is 6.23. The zero-order chi connectivity index (χ0) is 15.2. The van der Waals surface area contributed by atoms with Gasteiger partial charge >= 0.3 is 0 Å². The maximum absolute atomic E-state index is 6.00. The first kappa shape index (κ1) is 16.1. The van der Waals surface area contributed by atoms with E-state index in [0.29, 0.717) is 12.7 Å². The molecule has 0 amide bonds. The summed E-state index contributed by atoms with van der Waals surface area (Å²) in [5, 5.41) is 0. The van der Waals surface area contributed by atoms with Gasteiger partial charge in [0, 0.05) is 6.04 Å². The van der Waals surface area contributed by atoms with Crippen LogP contribution >= 0.6 is 0 Å². The topological polar surface area (TPSA) is 53.7 Å². The molecule has 1 fully saturated rings. The van der Waals surface area contributed by atoms with Gasteiger partial charge in [-0.1, -0.05) is 13.0 Å². The van der Waals surface area contributed by atoms with E-state index in [4.69, 9.17) is 19.9 Å². The third-order valence-corrected chi connectivity index (χ3v) is 3.99. The average molecular weight is 293 g/mol. The second kappa shape index (κ2) is 7.66. The number of methoxy groups -OCH3 is 1. The van der Waals surface area contributed by atoms with E-state index in [0.717, 1.165) is 37.2 Å². The van der Waals surface area contributed by atoms with Gasteiger partial charge in [0.25, 0.3) is 0 Å². The lowest BCUT2D eigenvalue weighted by Crippen LogP contribution is -2.21. The molecule has 0 saturated carbocycles. The van der Waals surface area contributed by atoms with Crippen LogP contribution in [-0.4, -0.2) is 32.0 Å². The predicted molar refractivity (Wildman–Crippen MR) is 84.0 cm³/mol. The molecule has 1 aromatic carbocycles. The number of nitrogens with two attached hydrogens (primary N) is 1. The van der Waals surface area contributed by atoms with E-state index in [-0.39, 0.29) is 12.1 Å². The maximum atomic E-state index is 6.00. The van der Waals surface area contributed by atoms with Crippen LogP contribution in [0.25, 0.3) is 0 Å². The second-order valence-electron chi connectivity index (χ2n) is 5.81. The first-order valence-corrected chi connectivity index (χ1v) is 7.83. The second-order valence-corrected chi connectivity index (χ2v) is 5.81. The standard InChI is InChI=1S/C17H27NO3/c1-4-14(18)9-13-6-8-16(17(10-13)19-3)20-11-15-7-5-12(2)21-15/h6,8,10,12,14-15H,4-5,7,9,11,18H2,1-3H3. The molecule has 1 aliphatic rings. The lowest BCUT2D eigenvalue weighted by molar-refractivity contribution is 0.0259. The molecule has 1 heterocycles. The third-order valence-electron chi connectivity index (χ3n) is 3.99. The molecule has 1 aromatic rings. The van der Waals surface area contributed by atoms with Gasteiger partial charge in [-0.15, -0.1) is 0 Å². The molecule has 118 valence electrons. The Morgan fingerprint density at radius 3 is 2.76 bits per heavy atom. The summed E-state index contributed by atoms with van der Waals surface area (Å²) in [6.45, 7) is 4.78. The van der Waals surface area contributed by atoms with E-state index < -0.39 is 0 Å². The largest absolute Gasteiger partial charge is 0.493 e. The Kier molecular flexibility index (Phi) is 5.88. The molecule has 0 aromatic heterocycles. The van der Waals surface area contributed by atoms with E-state index in [9.17, 15) is 0 Å². The average Bonchev–Trinajstić information content (AvgIpc) is 2.91. The van der Waals surface area contributed by atoms with Crippen molar-refractivity contribution in [3.05, 3.63) is 23.8 Å². The molecule has 1 aliphatic heterocycles. The van der Waals surface area contributed by atoms with Crippen LogP contribution in [0.3, 0.4) is 0 Å². The van der Waals surface area contributed by atoms with Crippen molar-refractivity contribution >= 4 is 0 Å². The summed E-state index contributed by atoms with van der Waals surface area (Å²) in [6.07, 6.45) is 4.54. The van der Waals surface area contributed by atoms with Crippen molar-refractivity contribution in [2.45, 2.75) is 57.8 Å². The van der Waals surface area contributed by atoms with Crippen LogP contribution in [0, 0.1) is 0 Å². The van der Waals surface area contributed by atoms with Crippen molar-refractivity contribution in [1.82, 2.24) is 0 Å². The van der Waals surface area contributed by atoms with Crippen LogP contribution in [0.2, 0.25) is 0 Å². The van der Waals surface area contributed by atoms with E-state index in [1.807, 2.05) is 12.1 Å². The maximum Gasteiger partial charge on any atom is 0.161 e. The third kappa shape index (κ3) is 4.61. The molecular formula is C17H27NO3. The molecule has 3 unspecified atom stereocenters. The van der Waals surface area contributed by atoms with Gasteiger partial charge in [0.2, 0.25) is 0 Å². The Hall–Kier alpha value is -1.26. The SMILES string of the molecule is CCC(N)Cc1ccc(OCC2CCC(C)O2)c(OC)c1. The van der Waals surface area contributed by atoms with Crippen LogP contribution in [0.15, 0.2) is 18.2 Å². The van der Waals surface area contributed by atoms with Gasteiger partial charge in [-0.05, 0) is 50.3 Å². The Morgan fingerprint density at radius 1 is 1.33 bits per heavy atom. The number of hydrogen-bond acceptors (Lipinski definition) is 4. The van der Waals surface area contributed by atoms with Gasteiger partial charge < -0.3 is 19.9 Å². The van der Waals surface area contributed by atoms with Crippen molar-refractivity contribution in [3.8, 4) is 11.5 Å². The normalized spacial score (nSPS) is 23.0. The summed E-state index contributed by atoms with van der Waals surface area (Å²) in [5.74, 6) is 1.54. The lowest BCUT2D eigenvalue weighted by atomic mass is 10.0. The zero-order valence-electron chi connectivity index (χ0n) is 13.3. The lowest BCUT2D eigenvalue weighted by Gasteiger charge is -2.16. The minimum atomic E-state index is 0.190. The predicted octanol–water partition coefficient (Wildman–Crippen LogP) is 2.92.